The minimum Gasteiger partial charge on any atom is -0.457 e. The lowest BCUT2D eigenvalue weighted by Crippen LogP contribution is -2.47. The van der Waals surface area contributed by atoms with Crippen molar-refractivity contribution in [2.75, 3.05) is 26.2 Å². The van der Waals surface area contributed by atoms with Crippen molar-refractivity contribution in [1.82, 2.24) is 9.96 Å². The summed E-state index contributed by atoms with van der Waals surface area (Å²) in [5.41, 5.74) is 9.77. The van der Waals surface area contributed by atoms with Gasteiger partial charge >= 0.3 is 5.97 Å². The van der Waals surface area contributed by atoms with E-state index >= 15 is 0 Å². The molecule has 0 spiro atoms. The first-order valence-electron chi connectivity index (χ1n) is 12.2. The number of rotatable bonds is 7. The number of carbonyl (C=O) groups excluding carboxylic acids is 1. The number of piperazine rings is 1. The second-order valence-electron chi connectivity index (χ2n) is 9.98. The van der Waals surface area contributed by atoms with Gasteiger partial charge in [0.2, 0.25) is 0 Å². The molecule has 0 bridgehead atoms. The molecule has 0 aromatic heterocycles. The van der Waals surface area contributed by atoms with Crippen LogP contribution in [0.4, 0.5) is 0 Å². The van der Waals surface area contributed by atoms with E-state index in [2.05, 4.69) is 35.2 Å². The minimum absolute atomic E-state index is 0.196. The molecule has 1 saturated heterocycles. The Morgan fingerprint density at radius 2 is 1.60 bits per heavy atom. The Morgan fingerprint density at radius 1 is 0.886 bits per heavy atom. The van der Waals surface area contributed by atoms with Crippen LogP contribution in [0.2, 0.25) is 0 Å². The van der Waals surface area contributed by atoms with Crippen molar-refractivity contribution in [2.24, 2.45) is 11.1 Å². The van der Waals surface area contributed by atoms with Crippen LogP contribution in [0.1, 0.15) is 31.9 Å². The van der Waals surface area contributed by atoms with Gasteiger partial charge in [0.25, 0.3) is 0 Å². The van der Waals surface area contributed by atoms with E-state index in [-0.39, 0.29) is 5.97 Å². The van der Waals surface area contributed by atoms with Crippen LogP contribution in [-0.4, -0.2) is 42.1 Å². The van der Waals surface area contributed by atoms with Crippen LogP contribution < -0.4 is 10.5 Å². The van der Waals surface area contributed by atoms with E-state index < -0.39 is 5.41 Å². The molecule has 1 aliphatic rings. The molecule has 0 unspecified atom stereocenters. The highest BCUT2D eigenvalue weighted by molar-refractivity contribution is 5.75. The molecule has 0 radical (unpaired) electrons. The average Bonchev–Trinajstić information content (AvgIpc) is 2.86. The van der Waals surface area contributed by atoms with E-state index in [1.807, 2.05) is 63.2 Å². The Hall–Kier alpha value is -3.19. The summed E-state index contributed by atoms with van der Waals surface area (Å²) >= 11 is 0. The molecule has 35 heavy (non-hydrogen) atoms. The van der Waals surface area contributed by atoms with E-state index in [1.54, 1.807) is 5.06 Å². The third-order valence-electron chi connectivity index (χ3n) is 6.08. The molecule has 184 valence electrons. The Balaban J connectivity index is 1.50. The number of hydrogen-bond donors (Lipinski definition) is 1. The lowest BCUT2D eigenvalue weighted by atomic mass is 9.98. The number of nitrogens with zero attached hydrogens (tertiary/aromatic N) is 2. The Labute approximate surface area is 208 Å². The van der Waals surface area contributed by atoms with Crippen LogP contribution in [0.25, 0.3) is 11.1 Å². The molecule has 0 amide bonds. The molecule has 0 atom stereocenters. The minimum atomic E-state index is -0.508. The number of para-hydroxylation sites is 1. The first kappa shape index (κ1) is 24.9. The molecule has 6 heteroatoms. The van der Waals surface area contributed by atoms with Gasteiger partial charge in [0.1, 0.15) is 11.5 Å². The molecule has 6 nitrogen and oxygen atoms in total. The first-order chi connectivity index (χ1) is 16.8. The maximum absolute atomic E-state index is 12.2. The summed E-state index contributed by atoms with van der Waals surface area (Å²) in [5.74, 6) is 1.45. The summed E-state index contributed by atoms with van der Waals surface area (Å²) in [6.07, 6.45) is 0. The number of benzene rings is 3. The normalized spacial score (nSPS) is 15.1. The van der Waals surface area contributed by atoms with Crippen LogP contribution in [0.15, 0.2) is 72.8 Å². The van der Waals surface area contributed by atoms with Gasteiger partial charge in [0.15, 0.2) is 0 Å². The largest absolute Gasteiger partial charge is 0.457 e. The zero-order valence-corrected chi connectivity index (χ0v) is 20.9. The molecule has 1 heterocycles. The second-order valence-corrected chi connectivity index (χ2v) is 9.98. The fraction of sp³-hybridized carbons (Fsp3) is 0.345. The van der Waals surface area contributed by atoms with Gasteiger partial charge < -0.3 is 15.3 Å². The Morgan fingerprint density at radius 3 is 2.29 bits per heavy atom. The van der Waals surface area contributed by atoms with Crippen LogP contribution in [0.5, 0.6) is 11.5 Å². The molecular formula is C29H35N3O3. The number of carbonyl (C=O) groups is 1. The van der Waals surface area contributed by atoms with Crippen molar-refractivity contribution in [3.63, 3.8) is 0 Å². The highest BCUT2D eigenvalue weighted by Gasteiger charge is 2.28. The average molecular weight is 474 g/mol. The van der Waals surface area contributed by atoms with E-state index in [1.165, 1.54) is 0 Å². The van der Waals surface area contributed by atoms with E-state index in [9.17, 15) is 4.79 Å². The molecule has 0 saturated carbocycles. The monoisotopic (exact) mass is 473 g/mol. The highest BCUT2D eigenvalue weighted by atomic mass is 16.7. The topological polar surface area (TPSA) is 68.0 Å². The van der Waals surface area contributed by atoms with Crippen LogP contribution in [0, 0.1) is 5.41 Å². The van der Waals surface area contributed by atoms with Crippen molar-refractivity contribution in [3.05, 3.63) is 83.9 Å². The van der Waals surface area contributed by atoms with Crippen LogP contribution in [-0.2, 0) is 22.7 Å². The van der Waals surface area contributed by atoms with Gasteiger partial charge in [-0.3, -0.25) is 4.90 Å². The van der Waals surface area contributed by atoms with E-state index in [4.69, 9.17) is 15.3 Å². The van der Waals surface area contributed by atoms with Gasteiger partial charge in [-0.15, -0.1) is 5.06 Å². The third-order valence-corrected chi connectivity index (χ3v) is 6.08. The molecule has 2 N–H and O–H groups in total. The van der Waals surface area contributed by atoms with Gasteiger partial charge in [0, 0.05) is 44.8 Å². The number of hydrogen-bond acceptors (Lipinski definition) is 6. The summed E-state index contributed by atoms with van der Waals surface area (Å²) in [6, 6.07) is 24.6. The zero-order valence-electron chi connectivity index (χ0n) is 20.9. The second kappa shape index (κ2) is 11.0. The smallest absolute Gasteiger partial charge is 0.330 e. The quantitative estimate of drug-likeness (QED) is 0.507. The SMILES string of the molecule is CC(C)(C)C(=O)ON1CCN(Cc2ccc(-c3cccc(CN)c3)cc2Oc2ccccc2)CC1. The van der Waals surface area contributed by atoms with Crippen molar-refractivity contribution >= 4 is 5.97 Å². The van der Waals surface area contributed by atoms with Crippen LogP contribution in [0.3, 0.4) is 0 Å². The van der Waals surface area contributed by atoms with Crippen molar-refractivity contribution < 1.29 is 14.4 Å². The zero-order chi connectivity index (χ0) is 24.8. The number of hydroxylamine groups is 2. The van der Waals surface area contributed by atoms with Gasteiger partial charge in [-0.1, -0.05) is 48.5 Å². The van der Waals surface area contributed by atoms with Gasteiger partial charge in [-0.2, -0.15) is 0 Å². The number of nitrogens with two attached hydrogens (primary N) is 1. The van der Waals surface area contributed by atoms with Gasteiger partial charge in [-0.25, -0.2) is 4.79 Å². The first-order valence-corrected chi connectivity index (χ1v) is 12.2. The maximum Gasteiger partial charge on any atom is 0.330 e. The Bertz CT molecular complexity index is 1130. The molecule has 3 aromatic rings. The van der Waals surface area contributed by atoms with Gasteiger partial charge in [-0.05, 0) is 61.7 Å². The van der Waals surface area contributed by atoms with Crippen molar-refractivity contribution in [2.45, 2.75) is 33.9 Å². The fourth-order valence-corrected chi connectivity index (χ4v) is 3.93. The Kier molecular flexibility index (Phi) is 7.86. The molecule has 0 aliphatic carbocycles. The lowest BCUT2D eigenvalue weighted by Gasteiger charge is -2.34. The van der Waals surface area contributed by atoms with Crippen LogP contribution >= 0.6 is 0 Å². The summed E-state index contributed by atoms with van der Waals surface area (Å²) < 4.78 is 6.35. The highest BCUT2D eigenvalue weighted by Crippen LogP contribution is 2.32. The standard InChI is InChI=1S/C29H35N3O3/c1-29(2,3)28(33)35-32-16-14-31(15-17-32)21-25-13-12-24(23-9-7-8-22(18-23)20-30)19-27(25)34-26-10-5-4-6-11-26/h4-13,18-19H,14-17,20-21,30H2,1-3H3. The molecule has 4 rings (SSSR count). The summed E-state index contributed by atoms with van der Waals surface area (Å²) in [7, 11) is 0. The molecule has 1 fully saturated rings. The summed E-state index contributed by atoms with van der Waals surface area (Å²) in [6.45, 7) is 9.86. The van der Waals surface area contributed by atoms with Crippen molar-refractivity contribution in [1.29, 1.82) is 0 Å². The van der Waals surface area contributed by atoms with E-state index in [0.717, 1.165) is 53.4 Å². The van der Waals surface area contributed by atoms with E-state index in [0.29, 0.717) is 19.6 Å². The molecular weight excluding hydrogens is 438 g/mol. The lowest BCUT2D eigenvalue weighted by molar-refractivity contribution is -0.207. The van der Waals surface area contributed by atoms with Gasteiger partial charge in [0.05, 0.1) is 5.41 Å². The predicted octanol–water partition coefficient (Wildman–Crippen LogP) is 5.23. The maximum atomic E-state index is 12.2. The van der Waals surface area contributed by atoms with Crippen molar-refractivity contribution in [3.8, 4) is 22.6 Å². The predicted molar refractivity (Wildman–Crippen MR) is 139 cm³/mol. The molecule has 1 aliphatic heterocycles. The third kappa shape index (κ3) is 6.69. The summed E-state index contributed by atoms with van der Waals surface area (Å²) in [4.78, 5) is 20.2. The number of ether oxygens (including phenoxy) is 1. The summed E-state index contributed by atoms with van der Waals surface area (Å²) in [5, 5.41) is 1.78. The molecule has 3 aromatic carbocycles. The fourth-order valence-electron chi connectivity index (χ4n) is 3.93.